The highest BCUT2D eigenvalue weighted by Crippen LogP contribution is 2.18. The van der Waals surface area contributed by atoms with Crippen LogP contribution < -0.4 is 5.43 Å². The Labute approximate surface area is 128 Å². The number of nitrogens with zero attached hydrogens (tertiary/aromatic N) is 2. The molecule has 0 bridgehead atoms. The molecular weight excluding hydrogens is 280 g/mol. The molecule has 0 aliphatic carbocycles. The van der Waals surface area contributed by atoms with Crippen molar-refractivity contribution in [2.45, 2.75) is 40.3 Å². The summed E-state index contributed by atoms with van der Waals surface area (Å²) in [5.74, 6) is -0.400. The summed E-state index contributed by atoms with van der Waals surface area (Å²) < 4.78 is 6.76. The predicted molar refractivity (Wildman–Crippen MR) is 83.6 cm³/mol. The first-order valence-electron chi connectivity index (χ1n) is 7.07. The monoisotopic (exact) mass is 298 g/mol. The van der Waals surface area contributed by atoms with Crippen LogP contribution in [0.4, 0.5) is 0 Å². The molecule has 0 fully saturated rings. The first-order valence-corrected chi connectivity index (χ1v) is 7.07. The fraction of sp³-hybridized carbons (Fsp3) is 0.353. The second kappa shape index (κ2) is 6.02. The summed E-state index contributed by atoms with van der Waals surface area (Å²) >= 11 is 0. The van der Waals surface area contributed by atoms with E-state index in [-0.39, 0.29) is 23.6 Å². The van der Waals surface area contributed by atoms with E-state index in [4.69, 9.17) is 10.00 Å². The zero-order chi connectivity index (χ0) is 16.4. The Balaban J connectivity index is 2.68. The molecule has 1 aromatic heterocycles. The first kappa shape index (κ1) is 15.8. The van der Waals surface area contributed by atoms with Crippen LogP contribution >= 0.6 is 0 Å². The van der Waals surface area contributed by atoms with Gasteiger partial charge in [-0.1, -0.05) is 6.07 Å². The van der Waals surface area contributed by atoms with E-state index < -0.39 is 5.97 Å². The molecule has 5 heteroatoms. The van der Waals surface area contributed by atoms with Crippen molar-refractivity contribution in [2.24, 2.45) is 0 Å². The van der Waals surface area contributed by atoms with Gasteiger partial charge in [-0.15, -0.1) is 0 Å². The van der Waals surface area contributed by atoms with E-state index in [9.17, 15) is 9.59 Å². The number of esters is 1. The molecule has 0 N–H and O–H groups in total. The van der Waals surface area contributed by atoms with Gasteiger partial charge in [0.15, 0.2) is 0 Å². The van der Waals surface area contributed by atoms with Gasteiger partial charge in [0, 0.05) is 11.6 Å². The third-order valence-corrected chi connectivity index (χ3v) is 3.31. The molecule has 0 saturated heterocycles. The number of hydrogen-bond acceptors (Lipinski definition) is 4. The van der Waals surface area contributed by atoms with Crippen LogP contribution in [-0.2, 0) is 16.1 Å². The van der Waals surface area contributed by atoms with Crippen molar-refractivity contribution < 1.29 is 9.53 Å². The van der Waals surface area contributed by atoms with Crippen molar-refractivity contribution in [3.63, 3.8) is 0 Å². The number of nitriles is 1. The average Bonchev–Trinajstić information content (AvgIpc) is 2.40. The Bertz CT molecular complexity index is 842. The molecule has 0 aliphatic heterocycles. The molecular formula is C17H18N2O3. The summed E-state index contributed by atoms with van der Waals surface area (Å²) in [5, 5.41) is 9.62. The van der Waals surface area contributed by atoms with E-state index in [0.29, 0.717) is 10.9 Å². The van der Waals surface area contributed by atoms with E-state index in [1.54, 1.807) is 18.4 Å². The van der Waals surface area contributed by atoms with Crippen molar-refractivity contribution in [3.8, 4) is 6.07 Å². The maximum atomic E-state index is 12.4. The summed E-state index contributed by atoms with van der Waals surface area (Å²) in [6.07, 6.45) is 1.21. The van der Waals surface area contributed by atoms with Crippen LogP contribution in [0.5, 0.6) is 0 Å². The number of carbonyl (C=O) groups is 1. The van der Waals surface area contributed by atoms with Crippen LogP contribution in [-0.4, -0.2) is 16.6 Å². The summed E-state index contributed by atoms with van der Waals surface area (Å²) in [4.78, 5) is 24.3. The van der Waals surface area contributed by atoms with Gasteiger partial charge in [0.2, 0.25) is 5.43 Å². The van der Waals surface area contributed by atoms with Crippen molar-refractivity contribution in [3.05, 3.63) is 45.2 Å². The largest absolute Gasteiger partial charge is 0.462 e. The molecule has 0 spiro atoms. The number of rotatable bonds is 3. The second-order valence-electron chi connectivity index (χ2n) is 5.63. The number of benzene rings is 1. The maximum Gasteiger partial charge on any atom is 0.326 e. The normalized spacial score (nSPS) is 10.7. The Morgan fingerprint density at radius 1 is 1.36 bits per heavy atom. The number of hydrogen-bond donors (Lipinski definition) is 0. The summed E-state index contributed by atoms with van der Waals surface area (Å²) in [7, 11) is 0. The molecule has 1 aromatic carbocycles. The number of aromatic nitrogens is 1. The standard InChI is InChI=1S/C17H18N2O3/c1-10(2)22-15(20)9-19-8-13(7-18)17(21)16-12(4)5-11(3)6-14(16)19/h5-6,8,10H,9H2,1-4H3. The van der Waals surface area contributed by atoms with E-state index in [0.717, 1.165) is 11.1 Å². The highest BCUT2D eigenvalue weighted by atomic mass is 16.5. The van der Waals surface area contributed by atoms with E-state index in [1.807, 2.05) is 32.0 Å². The molecule has 0 radical (unpaired) electrons. The van der Waals surface area contributed by atoms with Crippen LogP contribution in [0.1, 0.15) is 30.5 Å². The smallest absolute Gasteiger partial charge is 0.326 e. The minimum absolute atomic E-state index is 0.0248. The molecule has 0 aliphatic rings. The Kier molecular flexibility index (Phi) is 4.32. The zero-order valence-corrected chi connectivity index (χ0v) is 13.1. The SMILES string of the molecule is Cc1cc(C)c2c(=O)c(C#N)cn(CC(=O)OC(C)C)c2c1. The van der Waals surface area contributed by atoms with Gasteiger partial charge in [-0.3, -0.25) is 9.59 Å². The van der Waals surface area contributed by atoms with Gasteiger partial charge < -0.3 is 9.30 Å². The highest BCUT2D eigenvalue weighted by molar-refractivity contribution is 5.85. The van der Waals surface area contributed by atoms with E-state index >= 15 is 0 Å². The first-order chi connectivity index (χ1) is 10.3. The van der Waals surface area contributed by atoms with Crippen molar-refractivity contribution in [1.82, 2.24) is 4.57 Å². The number of aryl methyl sites for hydroxylation is 2. The third kappa shape index (κ3) is 3.01. The fourth-order valence-electron chi connectivity index (χ4n) is 2.54. The van der Waals surface area contributed by atoms with E-state index in [2.05, 4.69) is 0 Å². The Morgan fingerprint density at radius 3 is 2.64 bits per heavy atom. The van der Waals surface area contributed by atoms with Gasteiger partial charge in [0.05, 0.1) is 11.6 Å². The number of ether oxygens (including phenoxy) is 1. The summed E-state index contributed by atoms with van der Waals surface area (Å²) in [6.45, 7) is 7.26. The van der Waals surface area contributed by atoms with Crippen LogP contribution in [0.2, 0.25) is 0 Å². The van der Waals surface area contributed by atoms with Crippen LogP contribution in [0.15, 0.2) is 23.1 Å². The van der Waals surface area contributed by atoms with Gasteiger partial charge in [0.1, 0.15) is 18.2 Å². The summed E-state index contributed by atoms with van der Waals surface area (Å²) in [5.41, 5.74) is 2.14. The van der Waals surface area contributed by atoms with Crippen molar-refractivity contribution in [1.29, 1.82) is 5.26 Å². The zero-order valence-electron chi connectivity index (χ0n) is 13.1. The minimum atomic E-state index is -0.400. The number of carbonyl (C=O) groups excluding carboxylic acids is 1. The lowest BCUT2D eigenvalue weighted by atomic mass is 10.0. The van der Waals surface area contributed by atoms with Crippen LogP contribution in [0, 0.1) is 25.2 Å². The number of fused-ring (bicyclic) bond motifs is 1. The third-order valence-electron chi connectivity index (χ3n) is 3.31. The molecule has 22 heavy (non-hydrogen) atoms. The molecule has 0 atom stereocenters. The van der Waals surface area contributed by atoms with Gasteiger partial charge >= 0.3 is 5.97 Å². The Morgan fingerprint density at radius 2 is 2.05 bits per heavy atom. The van der Waals surface area contributed by atoms with Crippen LogP contribution in [0.25, 0.3) is 10.9 Å². The minimum Gasteiger partial charge on any atom is -0.462 e. The molecule has 0 saturated carbocycles. The lowest BCUT2D eigenvalue weighted by Crippen LogP contribution is -2.21. The van der Waals surface area contributed by atoms with Gasteiger partial charge in [-0.2, -0.15) is 5.26 Å². The molecule has 2 aromatic rings. The molecule has 0 amide bonds. The summed E-state index contributed by atoms with van der Waals surface area (Å²) in [6, 6.07) is 5.63. The van der Waals surface area contributed by atoms with Crippen molar-refractivity contribution in [2.75, 3.05) is 0 Å². The number of pyridine rings is 1. The van der Waals surface area contributed by atoms with Gasteiger partial charge in [-0.25, -0.2) is 0 Å². The van der Waals surface area contributed by atoms with E-state index in [1.165, 1.54) is 6.20 Å². The highest BCUT2D eigenvalue weighted by Gasteiger charge is 2.14. The molecule has 114 valence electrons. The predicted octanol–water partition coefficient (Wildman–Crippen LogP) is 2.44. The molecule has 5 nitrogen and oxygen atoms in total. The molecule has 1 heterocycles. The van der Waals surface area contributed by atoms with Crippen molar-refractivity contribution >= 4 is 16.9 Å². The lowest BCUT2D eigenvalue weighted by molar-refractivity contribution is -0.148. The average molecular weight is 298 g/mol. The second-order valence-corrected chi connectivity index (χ2v) is 5.63. The fourth-order valence-corrected chi connectivity index (χ4v) is 2.54. The molecule has 2 rings (SSSR count). The maximum absolute atomic E-state index is 12.4. The lowest BCUT2D eigenvalue weighted by Gasteiger charge is -2.14. The van der Waals surface area contributed by atoms with Crippen LogP contribution in [0.3, 0.4) is 0 Å². The quantitative estimate of drug-likeness (QED) is 0.816. The Hall–Kier alpha value is -2.61. The van der Waals surface area contributed by atoms with Gasteiger partial charge in [-0.05, 0) is 44.9 Å². The topological polar surface area (TPSA) is 72.1 Å². The molecule has 0 unspecified atom stereocenters. The van der Waals surface area contributed by atoms with Gasteiger partial charge in [0.25, 0.3) is 0 Å².